The zero-order valence-electron chi connectivity index (χ0n) is 17.0. The van der Waals surface area contributed by atoms with E-state index in [2.05, 4.69) is 27.6 Å². The second-order valence-corrected chi connectivity index (χ2v) is 8.46. The molecule has 7 heteroatoms. The van der Waals surface area contributed by atoms with Gasteiger partial charge in [-0.2, -0.15) is 0 Å². The maximum Gasteiger partial charge on any atom is 0.234 e. The predicted molar refractivity (Wildman–Crippen MR) is 126 cm³/mol. The average molecular weight is 449 g/mol. The highest BCUT2D eigenvalue weighted by Gasteiger charge is 2.16. The third-order valence-electron chi connectivity index (χ3n) is 4.62. The Labute approximate surface area is 190 Å². The van der Waals surface area contributed by atoms with Crippen molar-refractivity contribution < 1.29 is 4.79 Å². The van der Waals surface area contributed by atoms with Gasteiger partial charge in [-0.15, -0.1) is 10.2 Å². The minimum absolute atomic E-state index is 0.0918. The van der Waals surface area contributed by atoms with Crippen molar-refractivity contribution in [1.82, 2.24) is 14.8 Å². The molecule has 0 fully saturated rings. The summed E-state index contributed by atoms with van der Waals surface area (Å²) in [4.78, 5) is 12.5. The van der Waals surface area contributed by atoms with E-state index >= 15 is 0 Å². The van der Waals surface area contributed by atoms with Crippen molar-refractivity contribution in [3.63, 3.8) is 0 Å². The highest BCUT2D eigenvalue weighted by Crippen LogP contribution is 2.25. The number of thioether (sulfide) groups is 1. The molecule has 0 aliphatic heterocycles. The van der Waals surface area contributed by atoms with Crippen LogP contribution in [0.2, 0.25) is 5.02 Å². The van der Waals surface area contributed by atoms with E-state index in [0.717, 1.165) is 28.3 Å². The van der Waals surface area contributed by atoms with Gasteiger partial charge < -0.3 is 5.32 Å². The van der Waals surface area contributed by atoms with Crippen molar-refractivity contribution in [2.75, 3.05) is 11.1 Å². The van der Waals surface area contributed by atoms with Crippen LogP contribution in [-0.4, -0.2) is 26.4 Å². The molecular formula is C24H21ClN4OS. The summed E-state index contributed by atoms with van der Waals surface area (Å²) in [5, 5.41) is 13.0. The second kappa shape index (κ2) is 9.81. The second-order valence-electron chi connectivity index (χ2n) is 7.08. The fourth-order valence-electron chi connectivity index (χ4n) is 3.19. The summed E-state index contributed by atoms with van der Waals surface area (Å²) in [6.45, 7) is 1.99. The summed E-state index contributed by atoms with van der Waals surface area (Å²) in [5.41, 5.74) is 3.92. The van der Waals surface area contributed by atoms with E-state index < -0.39 is 0 Å². The Bertz CT molecular complexity index is 1180. The van der Waals surface area contributed by atoms with Crippen molar-refractivity contribution in [3.05, 3.63) is 101 Å². The molecule has 0 radical (unpaired) electrons. The lowest BCUT2D eigenvalue weighted by Crippen LogP contribution is -2.14. The van der Waals surface area contributed by atoms with Gasteiger partial charge in [-0.25, -0.2) is 0 Å². The molecule has 5 nitrogen and oxygen atoms in total. The average Bonchev–Trinajstić information content (AvgIpc) is 3.16. The van der Waals surface area contributed by atoms with Crippen LogP contribution in [0.4, 0.5) is 5.69 Å². The van der Waals surface area contributed by atoms with Crippen LogP contribution in [0.5, 0.6) is 0 Å². The molecule has 0 unspecified atom stereocenters. The molecule has 3 aromatic carbocycles. The number of hydrogen-bond acceptors (Lipinski definition) is 4. The Morgan fingerprint density at radius 2 is 1.77 bits per heavy atom. The van der Waals surface area contributed by atoms with E-state index in [4.69, 9.17) is 11.6 Å². The molecule has 0 spiro atoms. The van der Waals surface area contributed by atoms with Crippen LogP contribution < -0.4 is 5.32 Å². The van der Waals surface area contributed by atoms with E-state index in [-0.39, 0.29) is 11.7 Å². The predicted octanol–water partition coefficient (Wildman–Crippen LogP) is 5.55. The van der Waals surface area contributed by atoms with Gasteiger partial charge in [-0.3, -0.25) is 9.36 Å². The van der Waals surface area contributed by atoms with Crippen LogP contribution in [-0.2, 0) is 11.2 Å². The van der Waals surface area contributed by atoms with Gasteiger partial charge in [0.25, 0.3) is 0 Å². The van der Waals surface area contributed by atoms with E-state index in [1.165, 1.54) is 11.8 Å². The largest absolute Gasteiger partial charge is 0.325 e. The van der Waals surface area contributed by atoms with Gasteiger partial charge in [-0.05, 0) is 54.4 Å². The summed E-state index contributed by atoms with van der Waals surface area (Å²) >= 11 is 7.43. The molecule has 0 saturated carbocycles. The minimum atomic E-state index is -0.0918. The number of nitrogens with one attached hydrogen (secondary N) is 1. The number of halogens is 1. The Morgan fingerprint density at radius 3 is 2.52 bits per heavy atom. The quantitative estimate of drug-likeness (QED) is 0.376. The number of nitrogens with zero attached hydrogens (tertiary/aromatic N) is 3. The van der Waals surface area contributed by atoms with Gasteiger partial charge in [-0.1, -0.05) is 65.8 Å². The number of carbonyl (C=O) groups excluding carboxylic acids is 1. The number of carbonyl (C=O) groups is 1. The Hall–Kier alpha value is -3.09. The summed E-state index contributed by atoms with van der Waals surface area (Å²) in [6, 6.07) is 25.4. The van der Waals surface area contributed by atoms with Gasteiger partial charge in [0.05, 0.1) is 5.75 Å². The smallest absolute Gasteiger partial charge is 0.234 e. The first-order chi connectivity index (χ1) is 15.1. The molecule has 156 valence electrons. The molecule has 0 saturated heterocycles. The summed E-state index contributed by atoms with van der Waals surface area (Å²) in [7, 11) is 0. The van der Waals surface area contributed by atoms with Gasteiger partial charge in [0, 0.05) is 22.8 Å². The first-order valence-electron chi connectivity index (χ1n) is 9.82. The normalized spacial score (nSPS) is 10.8. The summed E-state index contributed by atoms with van der Waals surface area (Å²) in [6.07, 6.45) is 0.631. The van der Waals surface area contributed by atoms with E-state index in [0.29, 0.717) is 16.6 Å². The Kier molecular flexibility index (Phi) is 6.70. The molecule has 1 heterocycles. The standard InChI is InChI=1S/C24H21ClN4OS/c1-17-6-5-9-20(14-17)26-23(30)16-31-24-28-27-22(15-18-7-3-2-4-8-18)29(24)21-12-10-19(25)11-13-21/h2-14H,15-16H2,1H3,(H,26,30). The molecule has 0 bridgehead atoms. The maximum atomic E-state index is 12.5. The Balaban J connectivity index is 1.55. The first kappa shape index (κ1) is 21.2. The van der Waals surface area contributed by atoms with Crippen molar-refractivity contribution >= 4 is 35.0 Å². The van der Waals surface area contributed by atoms with Crippen LogP contribution >= 0.6 is 23.4 Å². The minimum Gasteiger partial charge on any atom is -0.325 e. The highest BCUT2D eigenvalue weighted by molar-refractivity contribution is 7.99. The highest BCUT2D eigenvalue weighted by atomic mass is 35.5. The van der Waals surface area contributed by atoms with Crippen LogP contribution in [0.25, 0.3) is 5.69 Å². The van der Waals surface area contributed by atoms with Gasteiger partial charge in [0.15, 0.2) is 5.16 Å². The monoisotopic (exact) mass is 448 g/mol. The fraction of sp³-hybridized carbons (Fsp3) is 0.125. The SMILES string of the molecule is Cc1cccc(NC(=O)CSc2nnc(Cc3ccccc3)n2-c2ccc(Cl)cc2)c1. The van der Waals surface area contributed by atoms with Crippen molar-refractivity contribution in [3.8, 4) is 5.69 Å². The van der Waals surface area contributed by atoms with E-state index in [1.54, 1.807) is 0 Å². The van der Waals surface area contributed by atoms with Crippen LogP contribution in [0, 0.1) is 6.92 Å². The van der Waals surface area contributed by atoms with Crippen LogP contribution in [0.3, 0.4) is 0 Å². The number of hydrogen-bond donors (Lipinski definition) is 1. The third kappa shape index (κ3) is 5.54. The number of amides is 1. The first-order valence-corrected chi connectivity index (χ1v) is 11.2. The topological polar surface area (TPSA) is 59.8 Å². The van der Waals surface area contributed by atoms with Crippen molar-refractivity contribution in [2.24, 2.45) is 0 Å². The maximum absolute atomic E-state index is 12.5. The lowest BCUT2D eigenvalue weighted by atomic mass is 10.1. The third-order valence-corrected chi connectivity index (χ3v) is 5.81. The lowest BCUT2D eigenvalue weighted by Gasteiger charge is -2.11. The van der Waals surface area contributed by atoms with E-state index in [1.807, 2.05) is 78.2 Å². The van der Waals surface area contributed by atoms with E-state index in [9.17, 15) is 4.79 Å². The zero-order valence-corrected chi connectivity index (χ0v) is 18.5. The molecular weight excluding hydrogens is 428 g/mol. The van der Waals surface area contributed by atoms with Gasteiger partial charge >= 0.3 is 0 Å². The number of benzene rings is 3. The van der Waals surface area contributed by atoms with Crippen LogP contribution in [0.1, 0.15) is 17.0 Å². The molecule has 1 N–H and O–H groups in total. The van der Waals surface area contributed by atoms with Gasteiger partial charge in [0.2, 0.25) is 5.91 Å². The summed E-state index contributed by atoms with van der Waals surface area (Å²) in [5.74, 6) is 0.936. The number of aromatic nitrogens is 3. The zero-order chi connectivity index (χ0) is 21.6. The van der Waals surface area contributed by atoms with Gasteiger partial charge in [0.1, 0.15) is 5.82 Å². The summed E-state index contributed by atoms with van der Waals surface area (Å²) < 4.78 is 1.98. The molecule has 31 heavy (non-hydrogen) atoms. The number of rotatable bonds is 7. The molecule has 0 aliphatic carbocycles. The molecule has 4 rings (SSSR count). The lowest BCUT2D eigenvalue weighted by molar-refractivity contribution is -0.113. The molecule has 4 aromatic rings. The number of anilines is 1. The van der Waals surface area contributed by atoms with Crippen molar-refractivity contribution in [2.45, 2.75) is 18.5 Å². The van der Waals surface area contributed by atoms with Crippen molar-refractivity contribution in [1.29, 1.82) is 0 Å². The number of aryl methyl sites for hydroxylation is 1. The molecule has 0 atom stereocenters. The molecule has 1 aromatic heterocycles. The molecule has 0 aliphatic rings. The Morgan fingerprint density at radius 1 is 1.00 bits per heavy atom. The molecule has 1 amide bonds. The fourth-order valence-corrected chi connectivity index (χ4v) is 4.08. The van der Waals surface area contributed by atoms with Crippen LogP contribution in [0.15, 0.2) is 84.0 Å².